The number of quaternary nitrogens is 1. The molecule has 0 bridgehead atoms. The maximum atomic E-state index is 13.3. The summed E-state index contributed by atoms with van der Waals surface area (Å²) in [5, 5.41) is 7.84. The molecule has 162 valence electrons. The molecule has 7 nitrogen and oxygen atoms in total. The number of esters is 1. The van der Waals surface area contributed by atoms with Gasteiger partial charge in [-0.3, -0.25) is 4.79 Å². The first kappa shape index (κ1) is 21.3. The highest BCUT2D eigenvalue weighted by molar-refractivity contribution is 6.21. The summed E-state index contributed by atoms with van der Waals surface area (Å²) in [7, 11) is 6.50. The Hall–Kier alpha value is -2.90. The summed E-state index contributed by atoms with van der Waals surface area (Å²) in [5.74, 6) is -0.442. The van der Waals surface area contributed by atoms with Gasteiger partial charge in [0.05, 0.1) is 43.0 Å². The van der Waals surface area contributed by atoms with Crippen molar-refractivity contribution >= 4 is 38.7 Å². The van der Waals surface area contributed by atoms with Gasteiger partial charge in [-0.05, 0) is 26.0 Å². The highest BCUT2D eigenvalue weighted by Gasteiger charge is 2.32. The summed E-state index contributed by atoms with van der Waals surface area (Å²) in [4.78, 5) is 28.4. The van der Waals surface area contributed by atoms with E-state index >= 15 is 0 Å². The first-order valence-corrected chi connectivity index (χ1v) is 10.2. The van der Waals surface area contributed by atoms with Crippen LogP contribution in [0.2, 0.25) is 0 Å². The number of hydrogen-bond donors (Lipinski definition) is 0. The molecule has 0 saturated carbocycles. The van der Waals surface area contributed by atoms with E-state index < -0.39 is 5.97 Å². The molecule has 0 aliphatic carbocycles. The second kappa shape index (κ2) is 7.07. The number of nitrogens with zero attached hydrogens (tertiary/aromatic N) is 4. The second-order valence-corrected chi connectivity index (χ2v) is 8.84. The molecular weight excluding hydrogens is 416 g/mol. The molecule has 1 aliphatic heterocycles. The number of anilines is 1. The molecule has 2 aromatic heterocycles. The van der Waals surface area contributed by atoms with E-state index in [1.165, 1.54) is 10.1 Å². The molecule has 0 radical (unpaired) electrons. The van der Waals surface area contributed by atoms with Crippen molar-refractivity contribution in [3.8, 4) is 0 Å². The van der Waals surface area contributed by atoms with Crippen LogP contribution in [0.25, 0.3) is 27.1 Å². The van der Waals surface area contributed by atoms with Crippen molar-refractivity contribution < 1.29 is 26.4 Å². The number of benzene rings is 2. The lowest BCUT2D eigenvalue weighted by molar-refractivity contribution is -0.904. The van der Waals surface area contributed by atoms with E-state index in [-0.39, 0.29) is 24.6 Å². The van der Waals surface area contributed by atoms with Gasteiger partial charge in [0.25, 0.3) is 5.56 Å². The number of ether oxygens (including phenoxy) is 1. The van der Waals surface area contributed by atoms with Crippen LogP contribution in [0.3, 0.4) is 0 Å². The Kier molecular flexibility index (Phi) is 4.87. The minimum atomic E-state index is -0.442. The van der Waals surface area contributed by atoms with Crippen molar-refractivity contribution in [2.45, 2.75) is 20.4 Å². The Morgan fingerprint density at radius 3 is 2.65 bits per heavy atom. The van der Waals surface area contributed by atoms with E-state index in [4.69, 9.17) is 4.74 Å². The minimum absolute atomic E-state index is 0. The molecule has 0 spiro atoms. The monoisotopic (exact) mass is 440 g/mol. The first-order valence-electron chi connectivity index (χ1n) is 10.2. The number of rotatable bonds is 2. The largest absolute Gasteiger partial charge is 1.00 e. The minimum Gasteiger partial charge on any atom is -1.00 e. The van der Waals surface area contributed by atoms with Crippen LogP contribution in [0.5, 0.6) is 0 Å². The molecule has 0 amide bonds. The van der Waals surface area contributed by atoms with Crippen molar-refractivity contribution in [2.24, 2.45) is 0 Å². The zero-order valence-electron chi connectivity index (χ0n) is 18.3. The molecule has 0 saturated heterocycles. The van der Waals surface area contributed by atoms with Crippen LogP contribution in [0.1, 0.15) is 28.5 Å². The number of fused-ring (bicyclic) bond motifs is 4. The molecule has 5 rings (SSSR count). The number of carbonyl (C=O) groups excluding carboxylic acids is 1. The number of pyridine rings is 1. The number of halogens is 1. The molecule has 0 atom stereocenters. The molecular formula is C23H25ClN4O3. The third-order valence-electron chi connectivity index (χ3n) is 6.00. The lowest BCUT2D eigenvalue weighted by Gasteiger charge is -2.41. The second-order valence-electron chi connectivity index (χ2n) is 8.84. The van der Waals surface area contributed by atoms with E-state index in [9.17, 15) is 9.59 Å². The standard InChI is InChI=1S/C23H25N4O3.ClH/c1-6-30-23(29)18-13(2)24-26-21(18)17-10-14-11-27(4,5)12-25(3)20(14)15-8-7-9-16(19(15)17)22(26)28;/h7-10H,6,11-12H2,1-5H3;1H/q+1;/p-1. The van der Waals surface area contributed by atoms with Gasteiger partial charge in [0.2, 0.25) is 0 Å². The smallest absolute Gasteiger partial charge is 0.342 e. The van der Waals surface area contributed by atoms with Gasteiger partial charge in [0.15, 0.2) is 6.67 Å². The molecule has 4 aromatic rings. The van der Waals surface area contributed by atoms with Gasteiger partial charge in [-0.25, -0.2) is 4.79 Å². The molecule has 8 heteroatoms. The fourth-order valence-electron chi connectivity index (χ4n) is 5.10. The Balaban J connectivity index is 0.00000231. The maximum absolute atomic E-state index is 13.3. The Labute approximate surface area is 186 Å². The predicted octanol–water partition coefficient (Wildman–Crippen LogP) is -0.0885. The van der Waals surface area contributed by atoms with E-state index in [1.54, 1.807) is 13.8 Å². The first-order chi connectivity index (χ1) is 14.2. The number of carbonyl (C=O) groups is 1. The zero-order valence-corrected chi connectivity index (χ0v) is 19.1. The molecule has 3 heterocycles. The lowest BCUT2D eigenvalue weighted by atomic mass is 9.93. The van der Waals surface area contributed by atoms with Crippen LogP contribution < -0.4 is 22.9 Å². The van der Waals surface area contributed by atoms with Gasteiger partial charge in [-0.15, -0.1) is 0 Å². The zero-order chi connectivity index (χ0) is 21.4. The van der Waals surface area contributed by atoms with Crippen molar-refractivity contribution in [3.05, 3.63) is 51.4 Å². The van der Waals surface area contributed by atoms with Crippen LogP contribution in [-0.4, -0.2) is 54.5 Å². The Morgan fingerprint density at radius 2 is 1.94 bits per heavy atom. The Bertz CT molecular complexity index is 1410. The fourth-order valence-corrected chi connectivity index (χ4v) is 5.10. The average Bonchev–Trinajstić information content (AvgIpc) is 3.02. The van der Waals surface area contributed by atoms with E-state index in [0.717, 1.165) is 39.5 Å². The summed E-state index contributed by atoms with van der Waals surface area (Å²) >= 11 is 0. The predicted molar refractivity (Wildman–Crippen MR) is 117 cm³/mol. The fraction of sp³-hybridized carbons (Fsp3) is 0.348. The van der Waals surface area contributed by atoms with Crippen LogP contribution in [-0.2, 0) is 11.3 Å². The van der Waals surface area contributed by atoms with Gasteiger partial charge in [0, 0.05) is 28.8 Å². The molecule has 31 heavy (non-hydrogen) atoms. The summed E-state index contributed by atoms with van der Waals surface area (Å²) < 4.78 is 7.50. The van der Waals surface area contributed by atoms with Crippen LogP contribution in [0, 0.1) is 6.92 Å². The SMILES string of the molecule is CCOC(=O)c1c(C)nn2c(=O)c3cccc4c5c(cc(c43)c12)C[N+](C)(C)CN5C.[Cl-]. The van der Waals surface area contributed by atoms with Crippen molar-refractivity contribution in [1.29, 1.82) is 0 Å². The van der Waals surface area contributed by atoms with Crippen molar-refractivity contribution in [1.82, 2.24) is 9.61 Å². The number of aryl methyl sites for hydroxylation is 1. The van der Waals surface area contributed by atoms with Gasteiger partial charge in [-0.2, -0.15) is 9.61 Å². The van der Waals surface area contributed by atoms with Crippen LogP contribution in [0.4, 0.5) is 5.69 Å². The molecule has 2 aromatic carbocycles. The summed E-state index contributed by atoms with van der Waals surface area (Å²) in [6.45, 7) is 5.53. The van der Waals surface area contributed by atoms with Gasteiger partial charge < -0.3 is 26.5 Å². The molecule has 0 N–H and O–H groups in total. The third kappa shape index (κ3) is 2.95. The summed E-state index contributed by atoms with van der Waals surface area (Å²) in [5.41, 5.74) is 3.56. The van der Waals surface area contributed by atoms with Crippen LogP contribution in [0.15, 0.2) is 29.1 Å². The maximum Gasteiger partial charge on any atom is 0.342 e. The topological polar surface area (TPSA) is 63.9 Å². The van der Waals surface area contributed by atoms with Crippen molar-refractivity contribution in [2.75, 3.05) is 39.3 Å². The molecule has 0 fully saturated rings. The van der Waals surface area contributed by atoms with Gasteiger partial charge in [-0.1, -0.05) is 12.1 Å². The highest BCUT2D eigenvalue weighted by Crippen LogP contribution is 2.41. The average molecular weight is 441 g/mol. The van der Waals surface area contributed by atoms with Gasteiger partial charge in [0.1, 0.15) is 12.1 Å². The number of hydrogen-bond acceptors (Lipinski definition) is 5. The highest BCUT2D eigenvalue weighted by atomic mass is 35.5. The normalized spacial score (nSPS) is 15.3. The summed E-state index contributed by atoms with van der Waals surface area (Å²) in [6.07, 6.45) is 0. The quantitative estimate of drug-likeness (QED) is 0.322. The third-order valence-corrected chi connectivity index (χ3v) is 6.00. The lowest BCUT2D eigenvalue weighted by Crippen LogP contribution is -3.00. The van der Waals surface area contributed by atoms with E-state index in [1.807, 2.05) is 12.1 Å². The number of aromatic nitrogens is 2. The molecule has 0 unspecified atom stereocenters. The van der Waals surface area contributed by atoms with Gasteiger partial charge >= 0.3 is 5.97 Å². The van der Waals surface area contributed by atoms with E-state index in [2.05, 4.69) is 43.3 Å². The molecule has 1 aliphatic rings. The summed E-state index contributed by atoms with van der Waals surface area (Å²) in [6, 6.07) is 7.97. The Morgan fingerprint density at radius 1 is 1.23 bits per heavy atom. The van der Waals surface area contributed by atoms with Crippen LogP contribution >= 0.6 is 0 Å². The van der Waals surface area contributed by atoms with Crippen molar-refractivity contribution in [3.63, 3.8) is 0 Å². The van der Waals surface area contributed by atoms with E-state index in [0.29, 0.717) is 22.2 Å².